The van der Waals surface area contributed by atoms with Crippen molar-refractivity contribution in [3.05, 3.63) is 65.7 Å². The van der Waals surface area contributed by atoms with Crippen molar-refractivity contribution in [2.45, 2.75) is 38.4 Å². The van der Waals surface area contributed by atoms with Gasteiger partial charge in [0, 0.05) is 23.9 Å². The predicted molar refractivity (Wildman–Crippen MR) is 152 cm³/mol. The third-order valence-corrected chi connectivity index (χ3v) is 7.19. The zero-order chi connectivity index (χ0) is 26.8. The first kappa shape index (κ1) is 28.0. The van der Waals surface area contributed by atoms with Gasteiger partial charge in [-0.1, -0.05) is 36.4 Å². The number of amides is 2. The highest BCUT2D eigenvalue weighted by Gasteiger charge is 2.33. The molecule has 39 heavy (non-hydrogen) atoms. The van der Waals surface area contributed by atoms with E-state index in [1.807, 2.05) is 54.6 Å². The molecule has 204 valence electrons. The summed E-state index contributed by atoms with van der Waals surface area (Å²) in [5.74, 6) is 0.998. The SMILES string of the molecule is CNC(C)C(=O)NC1CCc2ccccc2N(Cc2c(OC)ccc3cc(-c4nnnn4C)ccc23)C1=O.Cl. The molecule has 2 heterocycles. The van der Waals surface area contributed by atoms with Gasteiger partial charge in [-0.2, -0.15) is 0 Å². The summed E-state index contributed by atoms with van der Waals surface area (Å²) in [6.45, 7) is 2.06. The molecule has 1 aliphatic heterocycles. The van der Waals surface area contributed by atoms with E-state index in [1.54, 1.807) is 37.7 Å². The molecule has 1 aromatic heterocycles. The van der Waals surface area contributed by atoms with E-state index in [1.165, 1.54) is 0 Å². The molecule has 2 amide bonds. The number of aryl methyl sites for hydroxylation is 2. The lowest BCUT2D eigenvalue weighted by Crippen LogP contribution is -2.52. The van der Waals surface area contributed by atoms with Crippen molar-refractivity contribution in [2.24, 2.45) is 7.05 Å². The molecule has 0 saturated heterocycles. The number of ether oxygens (including phenoxy) is 1. The standard InChI is InChI=1S/C28H31N7O3.ClH/c1-17(29-2)27(36)30-23-13-10-18-7-5-6-8-24(18)35(28(23)37)16-22-21-12-9-20(26-31-32-33-34(26)3)15-19(21)11-14-25(22)38-4;/h5-9,11-12,14-15,17,23,29H,10,13,16H2,1-4H3,(H,30,36);1H. The highest BCUT2D eigenvalue weighted by molar-refractivity contribution is 6.02. The van der Waals surface area contributed by atoms with Gasteiger partial charge in [0.15, 0.2) is 5.82 Å². The summed E-state index contributed by atoms with van der Waals surface area (Å²) in [6, 6.07) is 16.8. The van der Waals surface area contributed by atoms with E-state index < -0.39 is 12.1 Å². The first-order chi connectivity index (χ1) is 18.4. The summed E-state index contributed by atoms with van der Waals surface area (Å²) < 4.78 is 7.38. The number of anilines is 1. The molecule has 3 aromatic carbocycles. The van der Waals surface area contributed by atoms with Crippen molar-refractivity contribution in [1.82, 2.24) is 30.8 Å². The van der Waals surface area contributed by atoms with Gasteiger partial charge in [-0.15, -0.1) is 17.5 Å². The number of nitrogens with one attached hydrogen (secondary N) is 2. The fraction of sp³-hybridized carbons (Fsp3) is 0.321. The fourth-order valence-electron chi connectivity index (χ4n) is 4.94. The fourth-order valence-corrected chi connectivity index (χ4v) is 4.94. The van der Waals surface area contributed by atoms with Crippen molar-refractivity contribution in [3.8, 4) is 17.1 Å². The van der Waals surface area contributed by atoms with E-state index in [2.05, 4.69) is 26.2 Å². The lowest BCUT2D eigenvalue weighted by molar-refractivity contribution is -0.128. The minimum absolute atomic E-state index is 0. The number of fused-ring (bicyclic) bond motifs is 2. The van der Waals surface area contributed by atoms with Crippen LogP contribution in [0.2, 0.25) is 0 Å². The van der Waals surface area contributed by atoms with Gasteiger partial charge >= 0.3 is 0 Å². The molecule has 2 N–H and O–H groups in total. The summed E-state index contributed by atoms with van der Waals surface area (Å²) in [5, 5.41) is 19.6. The van der Waals surface area contributed by atoms with Gasteiger partial charge in [0.1, 0.15) is 11.8 Å². The van der Waals surface area contributed by atoms with Crippen LogP contribution in [0.15, 0.2) is 54.6 Å². The van der Waals surface area contributed by atoms with Crippen LogP contribution >= 0.6 is 12.4 Å². The maximum absolute atomic E-state index is 14.0. The Bertz CT molecular complexity index is 1510. The van der Waals surface area contributed by atoms with E-state index in [4.69, 9.17) is 4.74 Å². The highest BCUT2D eigenvalue weighted by atomic mass is 35.5. The molecule has 0 radical (unpaired) electrons. The molecule has 0 saturated carbocycles. The largest absolute Gasteiger partial charge is 0.496 e. The van der Waals surface area contributed by atoms with Crippen molar-refractivity contribution in [3.63, 3.8) is 0 Å². The number of methoxy groups -OCH3 is 1. The zero-order valence-electron chi connectivity index (χ0n) is 22.3. The van der Waals surface area contributed by atoms with E-state index in [0.29, 0.717) is 24.4 Å². The highest BCUT2D eigenvalue weighted by Crippen LogP contribution is 2.35. The number of aromatic nitrogens is 4. The quantitative estimate of drug-likeness (QED) is 0.364. The number of carbonyl (C=O) groups is 2. The van der Waals surface area contributed by atoms with Crippen LogP contribution in [0.3, 0.4) is 0 Å². The van der Waals surface area contributed by atoms with E-state index in [0.717, 1.165) is 33.2 Å². The molecule has 0 aliphatic carbocycles. The topological polar surface area (TPSA) is 114 Å². The molecule has 10 nitrogen and oxygen atoms in total. The Morgan fingerprint density at radius 1 is 1.18 bits per heavy atom. The monoisotopic (exact) mass is 549 g/mol. The molecule has 0 bridgehead atoms. The maximum atomic E-state index is 14.0. The van der Waals surface area contributed by atoms with E-state index in [9.17, 15) is 9.59 Å². The van der Waals surface area contributed by atoms with Gasteiger partial charge in [0.25, 0.3) is 0 Å². The van der Waals surface area contributed by atoms with Gasteiger partial charge in [0.05, 0.1) is 19.7 Å². The molecule has 0 fully saturated rings. The number of benzene rings is 3. The second kappa shape index (κ2) is 11.8. The van der Waals surface area contributed by atoms with Crippen molar-refractivity contribution >= 4 is 40.7 Å². The lowest BCUT2D eigenvalue weighted by Gasteiger charge is -2.28. The van der Waals surface area contributed by atoms with Gasteiger partial charge in [-0.3, -0.25) is 9.59 Å². The number of hydrogen-bond donors (Lipinski definition) is 2. The number of likely N-dealkylation sites (N-methyl/N-ethyl adjacent to an activating group) is 1. The van der Waals surface area contributed by atoms with Gasteiger partial charge in [-0.05, 0) is 71.8 Å². The van der Waals surface area contributed by atoms with Crippen molar-refractivity contribution in [1.29, 1.82) is 0 Å². The van der Waals surface area contributed by atoms with Crippen LogP contribution in [0.1, 0.15) is 24.5 Å². The number of nitrogens with zero attached hydrogens (tertiary/aromatic N) is 5. The summed E-state index contributed by atoms with van der Waals surface area (Å²) in [6.07, 6.45) is 1.20. The second-order valence-electron chi connectivity index (χ2n) is 9.47. The lowest BCUT2D eigenvalue weighted by atomic mass is 9.99. The molecule has 5 rings (SSSR count). The Morgan fingerprint density at radius 2 is 1.97 bits per heavy atom. The third kappa shape index (κ3) is 5.43. The Balaban J connectivity index is 0.00000353. The Morgan fingerprint density at radius 3 is 2.69 bits per heavy atom. The number of tetrazole rings is 1. The van der Waals surface area contributed by atoms with E-state index in [-0.39, 0.29) is 30.8 Å². The van der Waals surface area contributed by atoms with Crippen LogP contribution in [0.5, 0.6) is 5.75 Å². The molecular formula is C28H32ClN7O3. The second-order valence-corrected chi connectivity index (χ2v) is 9.47. The smallest absolute Gasteiger partial charge is 0.249 e. The number of hydrogen-bond acceptors (Lipinski definition) is 7. The Labute approximate surface area is 233 Å². The van der Waals surface area contributed by atoms with Crippen LogP contribution < -0.4 is 20.3 Å². The van der Waals surface area contributed by atoms with Crippen molar-refractivity contribution in [2.75, 3.05) is 19.1 Å². The number of halogens is 1. The molecule has 2 atom stereocenters. The first-order valence-corrected chi connectivity index (χ1v) is 12.6. The first-order valence-electron chi connectivity index (χ1n) is 12.6. The molecule has 11 heteroatoms. The van der Waals surface area contributed by atoms with Crippen LogP contribution in [0, 0.1) is 0 Å². The number of para-hydroxylation sites is 1. The van der Waals surface area contributed by atoms with E-state index >= 15 is 0 Å². The molecular weight excluding hydrogens is 518 g/mol. The summed E-state index contributed by atoms with van der Waals surface area (Å²) >= 11 is 0. The van der Waals surface area contributed by atoms with Gasteiger partial charge in [-0.25, -0.2) is 4.68 Å². The average Bonchev–Trinajstić information content (AvgIpc) is 3.33. The van der Waals surface area contributed by atoms with Crippen molar-refractivity contribution < 1.29 is 14.3 Å². The molecule has 1 aliphatic rings. The molecule has 4 aromatic rings. The Hall–Kier alpha value is -4.02. The molecule has 0 spiro atoms. The van der Waals surface area contributed by atoms with Crippen LogP contribution in [0.25, 0.3) is 22.2 Å². The van der Waals surface area contributed by atoms with Crippen LogP contribution in [-0.2, 0) is 29.6 Å². The van der Waals surface area contributed by atoms with Crippen LogP contribution in [-0.4, -0.2) is 58.3 Å². The Kier molecular flexibility index (Phi) is 8.47. The maximum Gasteiger partial charge on any atom is 0.249 e. The minimum atomic E-state index is -0.637. The molecule has 2 unspecified atom stereocenters. The normalized spacial score (nSPS) is 15.7. The summed E-state index contributed by atoms with van der Waals surface area (Å²) in [4.78, 5) is 28.4. The number of rotatable bonds is 7. The zero-order valence-corrected chi connectivity index (χ0v) is 23.2. The van der Waals surface area contributed by atoms with Crippen LogP contribution in [0.4, 0.5) is 5.69 Å². The van der Waals surface area contributed by atoms with Gasteiger partial charge < -0.3 is 20.3 Å². The third-order valence-electron chi connectivity index (χ3n) is 7.19. The predicted octanol–water partition coefficient (Wildman–Crippen LogP) is 3.03. The summed E-state index contributed by atoms with van der Waals surface area (Å²) in [5.41, 5.74) is 3.68. The average molecular weight is 550 g/mol. The minimum Gasteiger partial charge on any atom is -0.496 e. The number of carbonyl (C=O) groups excluding carboxylic acids is 2. The summed E-state index contributed by atoms with van der Waals surface area (Å²) in [7, 11) is 5.15. The van der Waals surface area contributed by atoms with Gasteiger partial charge in [0.2, 0.25) is 11.8 Å².